The number of thioether (sulfide) groups is 1. The van der Waals surface area contributed by atoms with Gasteiger partial charge in [0.25, 0.3) is 10.1 Å². The molecule has 2 bridgehead atoms. The number of fused-ring (bicyclic) bond motifs is 1. The van der Waals surface area contributed by atoms with Crippen molar-refractivity contribution in [1.29, 1.82) is 0 Å². The lowest BCUT2D eigenvalue weighted by molar-refractivity contribution is -0.157. The van der Waals surface area contributed by atoms with Crippen LogP contribution >= 0.6 is 11.8 Å². The van der Waals surface area contributed by atoms with Crippen LogP contribution in [0.2, 0.25) is 0 Å². The molecule has 8 heteroatoms. The fraction of sp³-hybridized carbons (Fsp3) is 0.615. The molecular weight excluding hydrogens is 316 g/mol. The molecule has 0 aromatic heterocycles. The van der Waals surface area contributed by atoms with E-state index in [-0.39, 0.29) is 17.1 Å². The highest BCUT2D eigenvalue weighted by Gasteiger charge is 2.66. The third-order valence-electron chi connectivity index (χ3n) is 3.90. The maximum atomic E-state index is 11.8. The van der Waals surface area contributed by atoms with E-state index in [4.69, 9.17) is 13.7 Å². The van der Waals surface area contributed by atoms with Gasteiger partial charge in [-0.1, -0.05) is 13.2 Å². The monoisotopic (exact) mass is 332 g/mol. The van der Waals surface area contributed by atoms with E-state index < -0.39 is 33.5 Å². The largest absolute Gasteiger partial charge is 0.482 e. The van der Waals surface area contributed by atoms with Gasteiger partial charge in [0.15, 0.2) is 6.61 Å². The maximum Gasteiger partial charge on any atom is 0.344 e. The highest BCUT2D eigenvalue weighted by atomic mass is 32.2. The lowest BCUT2D eigenvalue weighted by atomic mass is 9.94. The molecule has 0 radical (unpaired) electrons. The molecule has 116 valence electrons. The first-order chi connectivity index (χ1) is 9.79. The van der Waals surface area contributed by atoms with E-state index in [0.29, 0.717) is 17.8 Å². The van der Waals surface area contributed by atoms with Gasteiger partial charge in [-0.25, -0.2) is 4.79 Å². The maximum absolute atomic E-state index is 11.8. The molecule has 0 amide bonds. The summed E-state index contributed by atoms with van der Waals surface area (Å²) in [6, 6.07) is 0. The molecule has 3 saturated heterocycles. The van der Waals surface area contributed by atoms with Gasteiger partial charge in [0.2, 0.25) is 0 Å². The zero-order valence-corrected chi connectivity index (χ0v) is 13.1. The van der Waals surface area contributed by atoms with Crippen LogP contribution in [0, 0.1) is 0 Å². The Morgan fingerprint density at radius 2 is 2.14 bits per heavy atom. The van der Waals surface area contributed by atoms with Gasteiger partial charge in [-0.15, -0.1) is 11.8 Å². The molecule has 0 aromatic carbocycles. The predicted molar refractivity (Wildman–Crippen MR) is 77.2 cm³/mol. The molecule has 21 heavy (non-hydrogen) atoms. The van der Waals surface area contributed by atoms with E-state index in [9.17, 15) is 13.2 Å². The molecule has 0 spiro atoms. The fourth-order valence-corrected chi connectivity index (χ4v) is 6.96. The van der Waals surface area contributed by atoms with Crippen LogP contribution in [0.3, 0.4) is 0 Å². The SMILES string of the molecule is C=C(C)C(=C)OCC(=O)OC1C2CC3C(S2)C1OS3(=O)=O. The van der Waals surface area contributed by atoms with Crippen molar-refractivity contribution in [2.75, 3.05) is 6.61 Å². The van der Waals surface area contributed by atoms with Crippen LogP contribution in [-0.4, -0.2) is 49.0 Å². The van der Waals surface area contributed by atoms with E-state index in [0.717, 1.165) is 0 Å². The fourth-order valence-electron chi connectivity index (χ4n) is 2.82. The second-order valence-electron chi connectivity index (χ2n) is 5.41. The van der Waals surface area contributed by atoms with Crippen molar-refractivity contribution in [1.82, 2.24) is 0 Å². The van der Waals surface area contributed by atoms with Crippen LogP contribution in [0.4, 0.5) is 0 Å². The summed E-state index contributed by atoms with van der Waals surface area (Å²) in [7, 11) is -3.51. The van der Waals surface area contributed by atoms with E-state index in [1.165, 1.54) is 11.8 Å². The quantitative estimate of drug-likeness (QED) is 0.321. The lowest BCUT2D eigenvalue weighted by Gasteiger charge is -2.23. The van der Waals surface area contributed by atoms with Gasteiger partial charge in [0, 0.05) is 5.25 Å². The average molecular weight is 332 g/mol. The summed E-state index contributed by atoms with van der Waals surface area (Å²) in [6.45, 7) is 8.71. The Kier molecular flexibility index (Phi) is 3.58. The van der Waals surface area contributed by atoms with Gasteiger partial charge in [-0.2, -0.15) is 8.42 Å². The normalized spacial score (nSPS) is 38.2. The van der Waals surface area contributed by atoms with Crippen LogP contribution < -0.4 is 0 Å². The molecule has 6 nitrogen and oxygen atoms in total. The van der Waals surface area contributed by atoms with Crippen molar-refractivity contribution in [2.45, 2.75) is 41.3 Å². The molecule has 3 heterocycles. The number of allylic oxidation sites excluding steroid dienone is 1. The van der Waals surface area contributed by atoms with Crippen molar-refractivity contribution in [3.8, 4) is 0 Å². The third-order valence-corrected chi connectivity index (χ3v) is 7.51. The molecule has 0 saturated carbocycles. The van der Waals surface area contributed by atoms with Crippen LogP contribution in [0.15, 0.2) is 24.5 Å². The standard InChI is InChI=1S/C13H16O6S2/c1-6(2)7(3)17-5-10(14)18-11-8-4-9-13(20-8)12(11)19-21(9,15)16/h8-9,11-13H,1,3-5H2,2H3. The second-order valence-corrected chi connectivity index (χ2v) is 8.62. The van der Waals surface area contributed by atoms with Crippen LogP contribution in [0.5, 0.6) is 0 Å². The summed E-state index contributed by atoms with van der Waals surface area (Å²) >= 11 is 1.54. The summed E-state index contributed by atoms with van der Waals surface area (Å²) in [5.41, 5.74) is 0.631. The summed E-state index contributed by atoms with van der Waals surface area (Å²) in [5.74, 6) is -0.228. The lowest BCUT2D eigenvalue weighted by Crippen LogP contribution is -2.42. The molecule has 3 aliphatic heterocycles. The first-order valence-electron chi connectivity index (χ1n) is 6.54. The van der Waals surface area contributed by atoms with Gasteiger partial charge >= 0.3 is 5.97 Å². The van der Waals surface area contributed by atoms with Crippen LogP contribution in [0.1, 0.15) is 13.3 Å². The zero-order valence-electron chi connectivity index (χ0n) is 11.5. The molecule has 3 rings (SSSR count). The number of hydrogen-bond donors (Lipinski definition) is 0. The Morgan fingerprint density at radius 1 is 1.43 bits per heavy atom. The van der Waals surface area contributed by atoms with E-state index in [1.54, 1.807) is 6.92 Å². The number of carbonyl (C=O) groups excluding carboxylic acids is 1. The van der Waals surface area contributed by atoms with Crippen molar-refractivity contribution in [3.63, 3.8) is 0 Å². The molecule has 5 unspecified atom stereocenters. The molecule has 3 aliphatic rings. The number of rotatable bonds is 5. The summed E-state index contributed by atoms with van der Waals surface area (Å²) in [4.78, 5) is 11.8. The number of hydrogen-bond acceptors (Lipinski definition) is 7. The Bertz CT molecular complexity index is 610. The minimum atomic E-state index is -3.51. The average Bonchev–Trinajstić information content (AvgIpc) is 2.99. The number of ether oxygens (including phenoxy) is 2. The Morgan fingerprint density at radius 3 is 2.81 bits per heavy atom. The van der Waals surface area contributed by atoms with Crippen molar-refractivity contribution in [3.05, 3.63) is 24.5 Å². The zero-order chi connectivity index (χ0) is 15.4. The van der Waals surface area contributed by atoms with Gasteiger partial charge in [-0.05, 0) is 18.9 Å². The van der Waals surface area contributed by atoms with Crippen LogP contribution in [-0.2, 0) is 28.6 Å². The minimum Gasteiger partial charge on any atom is -0.482 e. The first kappa shape index (κ1) is 14.9. The topological polar surface area (TPSA) is 78.9 Å². The van der Waals surface area contributed by atoms with Crippen molar-refractivity contribution < 1.29 is 26.9 Å². The van der Waals surface area contributed by atoms with Crippen LogP contribution in [0.25, 0.3) is 0 Å². The van der Waals surface area contributed by atoms with Crippen molar-refractivity contribution in [2.24, 2.45) is 0 Å². The van der Waals surface area contributed by atoms with E-state index >= 15 is 0 Å². The molecule has 5 atom stereocenters. The minimum absolute atomic E-state index is 0.0180. The Balaban J connectivity index is 1.59. The summed E-state index contributed by atoms with van der Waals surface area (Å²) in [5, 5.41) is -0.591. The molecule has 0 aromatic rings. The van der Waals surface area contributed by atoms with Gasteiger partial charge in [0.1, 0.15) is 23.2 Å². The van der Waals surface area contributed by atoms with Gasteiger partial charge < -0.3 is 9.47 Å². The summed E-state index contributed by atoms with van der Waals surface area (Å²) < 4.78 is 39.2. The molecule has 3 fully saturated rings. The van der Waals surface area contributed by atoms with Gasteiger partial charge in [-0.3, -0.25) is 4.18 Å². The molecule has 0 aliphatic carbocycles. The number of esters is 1. The number of carbonyl (C=O) groups is 1. The molecule has 0 N–H and O–H groups in total. The third kappa shape index (κ3) is 2.49. The predicted octanol–water partition coefficient (Wildman–Crippen LogP) is 0.989. The first-order valence-corrected chi connectivity index (χ1v) is 8.95. The van der Waals surface area contributed by atoms with Crippen molar-refractivity contribution >= 4 is 27.8 Å². The smallest absolute Gasteiger partial charge is 0.344 e. The molecular formula is C13H16O6S2. The van der Waals surface area contributed by atoms with E-state index in [2.05, 4.69) is 13.2 Å². The Hall–Kier alpha value is -0.990. The second kappa shape index (κ2) is 5.03. The highest BCUT2D eigenvalue weighted by Crippen LogP contribution is 2.55. The van der Waals surface area contributed by atoms with E-state index in [1.807, 2.05) is 0 Å². The highest BCUT2D eigenvalue weighted by molar-refractivity contribution is 8.03. The Labute approximate surface area is 127 Å². The summed E-state index contributed by atoms with van der Waals surface area (Å²) in [6.07, 6.45) is -0.606. The van der Waals surface area contributed by atoms with Gasteiger partial charge in [0.05, 0.1) is 5.25 Å².